The Labute approximate surface area is 298 Å². The van der Waals surface area contributed by atoms with Crippen LogP contribution in [0.15, 0.2) is 47.4 Å². The lowest BCUT2D eigenvalue weighted by molar-refractivity contribution is -0.137. The minimum Gasteiger partial charge on any atom is -0.505 e. The molecule has 3 amide bonds. The zero-order valence-corrected chi connectivity index (χ0v) is 28.7. The predicted molar refractivity (Wildman–Crippen MR) is 179 cm³/mol. The number of hydrogen-bond donors (Lipinski definition) is 2. The number of carbonyl (C=O) groups excluding carboxylic acids is 3. The third-order valence-corrected chi connectivity index (χ3v) is 10.0. The van der Waals surface area contributed by atoms with Crippen LogP contribution in [0.1, 0.15) is 72.3 Å². The summed E-state index contributed by atoms with van der Waals surface area (Å²) < 4.78 is 48.8. The molecule has 6 heterocycles. The Kier molecular flexibility index (Phi) is 8.81. The number of nitrogens with one attached hydrogen (secondary N) is 1. The summed E-state index contributed by atoms with van der Waals surface area (Å²) in [6, 6.07) is 5.46. The molecule has 3 aliphatic heterocycles. The number of alkyl halides is 3. The highest BCUT2D eigenvalue weighted by molar-refractivity contribution is 6.33. The number of carbonyl (C=O) groups is 3. The molecule has 4 aromatic rings. The number of benzene rings is 1. The number of hydrogen-bond acceptors (Lipinski definition) is 9. The average Bonchev–Trinajstić information content (AvgIpc) is 3.67. The molecule has 0 aliphatic carbocycles. The van der Waals surface area contributed by atoms with Gasteiger partial charge < -0.3 is 29.5 Å². The van der Waals surface area contributed by atoms with E-state index in [-0.39, 0.29) is 71.2 Å². The molecule has 3 aromatic heterocycles. The number of amides is 3. The lowest BCUT2D eigenvalue weighted by Crippen LogP contribution is -2.47. The number of pyridine rings is 1. The quantitative estimate of drug-likeness (QED) is 0.306. The van der Waals surface area contributed by atoms with Crippen LogP contribution in [0.2, 0.25) is 5.02 Å². The Hall–Kier alpha value is -5.29. The fraction of sp³-hybridized carbons (Fsp3) is 0.382. The van der Waals surface area contributed by atoms with Gasteiger partial charge in [-0.15, -0.1) is 5.10 Å². The number of piperidine rings is 1. The molecule has 1 aromatic carbocycles. The average molecular weight is 741 g/mol. The molecule has 3 aliphatic rings. The monoisotopic (exact) mass is 740 g/mol. The fourth-order valence-electron chi connectivity index (χ4n) is 7.10. The number of aromatic hydroxyl groups is 1. The Balaban J connectivity index is 1.27. The summed E-state index contributed by atoms with van der Waals surface area (Å²) in [7, 11) is 0. The van der Waals surface area contributed by atoms with E-state index in [1.807, 2.05) is 0 Å². The molecule has 18 heteroatoms. The van der Waals surface area contributed by atoms with Crippen molar-refractivity contribution in [3.8, 4) is 5.75 Å². The van der Waals surface area contributed by atoms with Crippen LogP contribution in [-0.4, -0.2) is 83.0 Å². The standard InChI is InChI=1S/C34H32ClF3N8O6/c1-18-28-26(33(52-18)9-14-44(15-10-33)31(51)27-24(48)4-3-11-39-27)30(50)46-32(41-29(42-46)20-7-12-43(13-8-20)19(2)47)45(28)17-25(49)40-23-6-5-21(16-22(23)35)34(36,37)38/h3-7,11,16,18,48H,8-10,12-15,17H2,1-2H3,(H,40,49)/t18-/m1/s1. The van der Waals surface area contributed by atoms with Gasteiger partial charge in [-0.25, -0.2) is 4.98 Å². The van der Waals surface area contributed by atoms with E-state index in [1.165, 1.54) is 34.7 Å². The van der Waals surface area contributed by atoms with E-state index in [0.29, 0.717) is 36.8 Å². The normalized spacial score (nSPS) is 18.4. The Bertz CT molecular complexity index is 2230. The Morgan fingerprint density at radius 3 is 2.52 bits per heavy atom. The van der Waals surface area contributed by atoms with Gasteiger partial charge in [0.1, 0.15) is 17.9 Å². The summed E-state index contributed by atoms with van der Waals surface area (Å²) in [5, 5.41) is 17.0. The number of rotatable bonds is 5. The van der Waals surface area contributed by atoms with Gasteiger partial charge in [0, 0.05) is 39.3 Å². The van der Waals surface area contributed by atoms with E-state index >= 15 is 0 Å². The van der Waals surface area contributed by atoms with E-state index in [0.717, 1.165) is 16.6 Å². The number of fused-ring (bicyclic) bond motifs is 3. The van der Waals surface area contributed by atoms with E-state index < -0.39 is 47.4 Å². The SMILES string of the molecule is CC(=O)N1CC=C(c2nc3n(CC(=O)Nc4ccc(C(F)(F)F)cc4Cl)c4c(c(=O)n3n2)C2(CCN(C(=O)c3ncccc3O)CC2)O[C@@H]4C)CC1. The van der Waals surface area contributed by atoms with Gasteiger partial charge in [0.15, 0.2) is 11.5 Å². The largest absolute Gasteiger partial charge is 0.505 e. The van der Waals surface area contributed by atoms with E-state index in [2.05, 4.69) is 20.4 Å². The van der Waals surface area contributed by atoms with Crippen molar-refractivity contribution >= 4 is 46.4 Å². The maximum absolute atomic E-state index is 14.4. The summed E-state index contributed by atoms with van der Waals surface area (Å²) in [4.78, 5) is 65.0. The number of aromatic nitrogens is 5. The van der Waals surface area contributed by atoms with Crippen molar-refractivity contribution in [1.82, 2.24) is 33.9 Å². The van der Waals surface area contributed by atoms with Gasteiger partial charge in [-0.2, -0.15) is 22.7 Å². The van der Waals surface area contributed by atoms with Crippen molar-refractivity contribution in [2.24, 2.45) is 0 Å². The molecule has 14 nitrogen and oxygen atoms in total. The predicted octanol–water partition coefficient (Wildman–Crippen LogP) is 4.16. The van der Waals surface area contributed by atoms with Crippen molar-refractivity contribution in [3.63, 3.8) is 0 Å². The van der Waals surface area contributed by atoms with Crippen molar-refractivity contribution in [3.05, 3.63) is 86.3 Å². The molecule has 272 valence electrons. The van der Waals surface area contributed by atoms with Crippen molar-refractivity contribution < 1.29 is 37.4 Å². The minimum absolute atomic E-state index is 0.0352. The molecule has 0 unspecified atom stereocenters. The molecule has 1 fully saturated rings. The second-order valence-electron chi connectivity index (χ2n) is 12.9. The van der Waals surface area contributed by atoms with E-state index in [1.54, 1.807) is 17.9 Å². The topological polar surface area (TPSA) is 164 Å². The number of anilines is 1. The van der Waals surface area contributed by atoms with Gasteiger partial charge >= 0.3 is 6.18 Å². The van der Waals surface area contributed by atoms with E-state index in [9.17, 15) is 37.5 Å². The van der Waals surface area contributed by atoms with Crippen LogP contribution in [0.4, 0.5) is 18.9 Å². The van der Waals surface area contributed by atoms with Gasteiger partial charge in [-0.3, -0.25) is 19.2 Å². The van der Waals surface area contributed by atoms with Crippen LogP contribution in [0.25, 0.3) is 11.4 Å². The molecule has 0 saturated carbocycles. The van der Waals surface area contributed by atoms with Crippen LogP contribution < -0.4 is 10.9 Å². The second kappa shape index (κ2) is 13.0. The van der Waals surface area contributed by atoms with Crippen molar-refractivity contribution in [2.75, 3.05) is 31.5 Å². The first-order valence-electron chi connectivity index (χ1n) is 16.4. The molecule has 2 N–H and O–H groups in total. The second-order valence-corrected chi connectivity index (χ2v) is 13.3. The summed E-state index contributed by atoms with van der Waals surface area (Å²) in [5.41, 5.74) is -1.48. The first-order chi connectivity index (χ1) is 24.7. The molecular formula is C34H32ClF3N8O6. The first-order valence-corrected chi connectivity index (χ1v) is 16.8. The molecular weight excluding hydrogens is 709 g/mol. The summed E-state index contributed by atoms with van der Waals surface area (Å²) in [6.07, 6.45) is -1.32. The van der Waals surface area contributed by atoms with Gasteiger partial charge in [0.05, 0.1) is 33.6 Å². The zero-order chi connectivity index (χ0) is 37.1. The maximum atomic E-state index is 14.4. The summed E-state index contributed by atoms with van der Waals surface area (Å²) >= 11 is 6.13. The van der Waals surface area contributed by atoms with Crippen LogP contribution in [0, 0.1) is 0 Å². The fourth-order valence-corrected chi connectivity index (χ4v) is 7.33. The highest BCUT2D eigenvalue weighted by Gasteiger charge is 2.50. The lowest BCUT2D eigenvalue weighted by atomic mass is 9.85. The Morgan fingerprint density at radius 2 is 1.88 bits per heavy atom. The summed E-state index contributed by atoms with van der Waals surface area (Å²) in [6.45, 7) is 3.84. The van der Waals surface area contributed by atoms with Gasteiger partial charge in [-0.05, 0) is 62.1 Å². The number of halogens is 4. The molecule has 1 saturated heterocycles. The minimum atomic E-state index is -4.63. The van der Waals surface area contributed by atoms with E-state index in [4.69, 9.17) is 16.3 Å². The molecule has 1 spiro atoms. The lowest BCUT2D eigenvalue weighted by Gasteiger charge is -2.39. The van der Waals surface area contributed by atoms with Crippen molar-refractivity contribution in [2.45, 2.75) is 57.5 Å². The molecule has 0 bridgehead atoms. The van der Waals surface area contributed by atoms with Crippen LogP contribution in [0.3, 0.4) is 0 Å². The van der Waals surface area contributed by atoms with Gasteiger partial charge in [-0.1, -0.05) is 17.7 Å². The highest BCUT2D eigenvalue weighted by Crippen LogP contribution is 2.48. The number of ether oxygens (including phenoxy) is 1. The molecule has 52 heavy (non-hydrogen) atoms. The van der Waals surface area contributed by atoms with Gasteiger partial charge in [0.2, 0.25) is 17.6 Å². The third kappa shape index (κ3) is 6.17. The van der Waals surface area contributed by atoms with Crippen LogP contribution in [0.5, 0.6) is 5.75 Å². The van der Waals surface area contributed by atoms with Crippen LogP contribution in [-0.2, 0) is 32.6 Å². The molecule has 1 atom stereocenters. The third-order valence-electron chi connectivity index (χ3n) is 9.69. The molecule has 7 rings (SSSR count). The zero-order valence-electron chi connectivity index (χ0n) is 27.9. The number of likely N-dealkylation sites (tertiary alicyclic amines) is 1. The molecule has 0 radical (unpaired) electrons. The first kappa shape index (κ1) is 35.1. The number of nitrogens with zero attached hydrogens (tertiary/aromatic N) is 7. The maximum Gasteiger partial charge on any atom is 0.416 e. The smallest absolute Gasteiger partial charge is 0.416 e. The Morgan fingerprint density at radius 1 is 1.13 bits per heavy atom. The summed E-state index contributed by atoms with van der Waals surface area (Å²) in [5.74, 6) is -1.21. The van der Waals surface area contributed by atoms with Gasteiger partial charge in [0.25, 0.3) is 11.5 Å². The van der Waals surface area contributed by atoms with Crippen LogP contribution >= 0.6 is 11.6 Å². The highest BCUT2D eigenvalue weighted by atomic mass is 35.5. The van der Waals surface area contributed by atoms with Crippen molar-refractivity contribution in [1.29, 1.82) is 0 Å².